The Kier molecular flexibility index (Phi) is 11.3. The van der Waals surface area contributed by atoms with Gasteiger partial charge in [0.15, 0.2) is 0 Å². The SMILES string of the molecule is CCCCCCCCCCCCCCCc1ccsc1-c1ccnc(-c2cc(C(F)(F)F)[nH]n2)c1. The Balaban J connectivity index is 1.39. The van der Waals surface area contributed by atoms with Crippen molar-refractivity contribution in [3.63, 3.8) is 0 Å². The molecule has 7 heteroatoms. The van der Waals surface area contributed by atoms with Crippen LogP contribution in [-0.2, 0) is 12.6 Å². The fourth-order valence-corrected chi connectivity index (χ4v) is 5.38. The van der Waals surface area contributed by atoms with Gasteiger partial charge in [-0.2, -0.15) is 18.3 Å². The maximum atomic E-state index is 12.9. The number of nitrogens with zero attached hydrogens (tertiary/aromatic N) is 2. The van der Waals surface area contributed by atoms with Crippen LogP contribution in [0.2, 0.25) is 0 Å². The van der Waals surface area contributed by atoms with E-state index in [9.17, 15) is 13.2 Å². The number of alkyl halides is 3. The van der Waals surface area contributed by atoms with Gasteiger partial charge in [0.1, 0.15) is 11.4 Å². The Labute approximate surface area is 211 Å². The van der Waals surface area contributed by atoms with Crippen LogP contribution in [0.15, 0.2) is 35.8 Å². The molecule has 3 heterocycles. The first-order chi connectivity index (χ1) is 17.0. The highest BCUT2D eigenvalue weighted by Crippen LogP contribution is 2.34. The number of aryl methyl sites for hydroxylation is 1. The molecule has 35 heavy (non-hydrogen) atoms. The van der Waals surface area contributed by atoms with Crippen LogP contribution in [0, 0.1) is 0 Å². The van der Waals surface area contributed by atoms with Crippen LogP contribution in [0.3, 0.4) is 0 Å². The van der Waals surface area contributed by atoms with Crippen molar-refractivity contribution < 1.29 is 13.2 Å². The zero-order chi connectivity index (χ0) is 24.9. The first-order valence-electron chi connectivity index (χ1n) is 13.1. The topological polar surface area (TPSA) is 41.6 Å². The third-order valence-corrected chi connectivity index (χ3v) is 7.47. The van der Waals surface area contributed by atoms with Crippen molar-refractivity contribution in [1.29, 1.82) is 0 Å². The summed E-state index contributed by atoms with van der Waals surface area (Å²) in [6.07, 6.45) is 15.6. The summed E-state index contributed by atoms with van der Waals surface area (Å²) >= 11 is 1.67. The van der Waals surface area contributed by atoms with Crippen LogP contribution in [0.1, 0.15) is 102 Å². The summed E-state index contributed by atoms with van der Waals surface area (Å²) < 4.78 is 38.7. The lowest BCUT2D eigenvalue weighted by Gasteiger charge is -2.06. The minimum Gasteiger partial charge on any atom is -0.273 e. The van der Waals surface area contributed by atoms with E-state index in [0.717, 1.165) is 24.5 Å². The van der Waals surface area contributed by atoms with Crippen molar-refractivity contribution in [1.82, 2.24) is 15.2 Å². The summed E-state index contributed by atoms with van der Waals surface area (Å²) in [5, 5.41) is 7.96. The number of halogens is 3. The molecular weight excluding hydrogens is 467 g/mol. The second-order valence-corrected chi connectivity index (χ2v) is 10.3. The number of aromatic nitrogens is 3. The molecule has 0 amide bonds. The summed E-state index contributed by atoms with van der Waals surface area (Å²) in [6.45, 7) is 2.26. The molecule has 0 saturated carbocycles. The molecule has 1 N–H and O–H groups in total. The van der Waals surface area contributed by atoms with Crippen molar-refractivity contribution in [3.05, 3.63) is 47.1 Å². The second kappa shape index (κ2) is 14.4. The van der Waals surface area contributed by atoms with Gasteiger partial charge < -0.3 is 0 Å². The molecule has 0 saturated heterocycles. The normalized spacial score (nSPS) is 11.9. The first kappa shape index (κ1) is 27.4. The van der Waals surface area contributed by atoms with Gasteiger partial charge in [0.2, 0.25) is 0 Å². The van der Waals surface area contributed by atoms with Crippen molar-refractivity contribution >= 4 is 11.3 Å². The van der Waals surface area contributed by atoms with E-state index < -0.39 is 11.9 Å². The summed E-state index contributed by atoms with van der Waals surface area (Å²) in [5.41, 5.74) is 2.06. The molecule has 3 aromatic rings. The van der Waals surface area contributed by atoms with Gasteiger partial charge in [0, 0.05) is 11.1 Å². The van der Waals surface area contributed by atoms with Crippen LogP contribution >= 0.6 is 11.3 Å². The van der Waals surface area contributed by atoms with E-state index in [0.29, 0.717) is 5.69 Å². The Morgan fingerprint density at radius 3 is 2.03 bits per heavy atom. The molecule has 0 fully saturated rings. The monoisotopic (exact) mass is 505 g/mol. The van der Waals surface area contributed by atoms with E-state index in [1.807, 2.05) is 12.1 Å². The Morgan fingerprint density at radius 1 is 0.800 bits per heavy atom. The Hall–Kier alpha value is -2.15. The van der Waals surface area contributed by atoms with Gasteiger partial charge in [-0.3, -0.25) is 10.1 Å². The summed E-state index contributed by atoms with van der Waals surface area (Å²) in [7, 11) is 0. The first-order valence-corrected chi connectivity index (χ1v) is 14.0. The van der Waals surface area contributed by atoms with Crippen LogP contribution in [-0.4, -0.2) is 15.2 Å². The van der Waals surface area contributed by atoms with E-state index in [1.54, 1.807) is 17.5 Å². The van der Waals surface area contributed by atoms with Gasteiger partial charge >= 0.3 is 6.18 Å². The second-order valence-electron chi connectivity index (χ2n) is 9.36. The van der Waals surface area contributed by atoms with Gasteiger partial charge in [-0.25, -0.2) is 0 Å². The summed E-state index contributed by atoms with van der Waals surface area (Å²) in [6, 6.07) is 6.92. The predicted octanol–water partition coefficient (Wildman–Crippen LogP) is 9.85. The minimum atomic E-state index is -4.45. The molecule has 3 nitrogen and oxygen atoms in total. The zero-order valence-corrected chi connectivity index (χ0v) is 21.6. The van der Waals surface area contributed by atoms with Crippen molar-refractivity contribution in [2.45, 2.75) is 103 Å². The highest BCUT2D eigenvalue weighted by atomic mass is 32.1. The van der Waals surface area contributed by atoms with Gasteiger partial charge in [-0.1, -0.05) is 84.0 Å². The van der Waals surface area contributed by atoms with E-state index in [-0.39, 0.29) is 5.69 Å². The molecule has 0 aliphatic carbocycles. The lowest BCUT2D eigenvalue weighted by atomic mass is 10.0. The van der Waals surface area contributed by atoms with Crippen LogP contribution in [0.4, 0.5) is 13.2 Å². The van der Waals surface area contributed by atoms with Gasteiger partial charge in [-0.15, -0.1) is 11.3 Å². The molecule has 0 unspecified atom stereocenters. The van der Waals surface area contributed by atoms with Crippen molar-refractivity contribution in [2.24, 2.45) is 0 Å². The molecule has 0 aliphatic rings. The smallest absolute Gasteiger partial charge is 0.273 e. The van der Waals surface area contributed by atoms with Gasteiger partial charge in [0.05, 0.1) is 5.69 Å². The fourth-order valence-electron chi connectivity index (χ4n) is 4.43. The van der Waals surface area contributed by atoms with Crippen LogP contribution < -0.4 is 0 Å². The largest absolute Gasteiger partial charge is 0.432 e. The standard InChI is InChI=1S/C28H38F3N3S/c1-2-3-4-5-6-7-8-9-10-11-12-13-14-15-22-17-19-35-27(22)23-16-18-32-24(20-23)25-21-26(34-33-25)28(29,30)31/h16-21H,2-15H2,1H3,(H,33,34). The number of nitrogens with one attached hydrogen (secondary N) is 1. The molecule has 0 spiro atoms. The van der Waals surface area contributed by atoms with E-state index in [1.165, 1.54) is 87.5 Å². The predicted molar refractivity (Wildman–Crippen MR) is 140 cm³/mol. The average molecular weight is 506 g/mol. The van der Waals surface area contributed by atoms with E-state index >= 15 is 0 Å². The van der Waals surface area contributed by atoms with Gasteiger partial charge in [-0.05, 0) is 53.6 Å². The lowest BCUT2D eigenvalue weighted by molar-refractivity contribution is -0.141. The number of rotatable bonds is 16. The van der Waals surface area contributed by atoms with Crippen LogP contribution in [0.5, 0.6) is 0 Å². The lowest BCUT2D eigenvalue weighted by Crippen LogP contribution is -2.04. The molecule has 0 radical (unpaired) electrons. The quantitative estimate of drug-likeness (QED) is 0.197. The van der Waals surface area contributed by atoms with Gasteiger partial charge in [0.25, 0.3) is 0 Å². The number of hydrogen-bond acceptors (Lipinski definition) is 3. The van der Waals surface area contributed by atoms with Crippen molar-refractivity contribution in [2.75, 3.05) is 0 Å². The number of H-pyrrole nitrogens is 1. The zero-order valence-electron chi connectivity index (χ0n) is 20.8. The maximum absolute atomic E-state index is 12.9. The third-order valence-electron chi connectivity index (χ3n) is 6.46. The molecule has 0 aromatic carbocycles. The molecule has 3 aromatic heterocycles. The fraction of sp³-hybridized carbons (Fsp3) is 0.571. The molecule has 0 atom stereocenters. The highest BCUT2D eigenvalue weighted by molar-refractivity contribution is 7.13. The maximum Gasteiger partial charge on any atom is 0.432 e. The summed E-state index contributed by atoms with van der Waals surface area (Å²) in [4.78, 5) is 5.40. The minimum absolute atomic E-state index is 0.203. The third kappa shape index (κ3) is 9.10. The Bertz CT molecular complexity index is 993. The van der Waals surface area contributed by atoms with E-state index in [4.69, 9.17) is 0 Å². The molecule has 0 aliphatic heterocycles. The highest BCUT2D eigenvalue weighted by Gasteiger charge is 2.33. The number of aromatic amines is 1. The molecule has 192 valence electrons. The number of pyridine rings is 1. The van der Waals surface area contributed by atoms with Crippen LogP contribution in [0.25, 0.3) is 21.8 Å². The molecule has 3 rings (SSSR count). The average Bonchev–Trinajstić information content (AvgIpc) is 3.52. The number of thiophene rings is 1. The summed E-state index contributed by atoms with van der Waals surface area (Å²) in [5.74, 6) is 0. The van der Waals surface area contributed by atoms with E-state index in [2.05, 4.69) is 33.6 Å². The molecular formula is C28H38F3N3S. The number of unbranched alkanes of at least 4 members (excludes halogenated alkanes) is 12. The molecule has 0 bridgehead atoms. The van der Waals surface area contributed by atoms with Crippen molar-refractivity contribution in [3.8, 4) is 21.8 Å². The Morgan fingerprint density at radius 2 is 1.43 bits per heavy atom. The number of hydrogen-bond donors (Lipinski definition) is 1.